The third-order valence-electron chi connectivity index (χ3n) is 4.58. The summed E-state index contributed by atoms with van der Waals surface area (Å²) in [5.41, 5.74) is 2.68. The molecular formula is C17H26N2O2. The predicted octanol–water partition coefficient (Wildman–Crippen LogP) is 2.93. The summed E-state index contributed by atoms with van der Waals surface area (Å²) in [7, 11) is 2.18. The summed E-state index contributed by atoms with van der Waals surface area (Å²) in [5.74, 6) is 0. The summed E-state index contributed by atoms with van der Waals surface area (Å²) in [4.78, 5) is 7.00. The Kier molecular flexibility index (Phi) is 5.22. The van der Waals surface area contributed by atoms with Crippen molar-refractivity contribution in [1.29, 1.82) is 0 Å². The number of hydrogen-bond donors (Lipinski definition) is 0. The van der Waals surface area contributed by atoms with E-state index >= 15 is 0 Å². The minimum Gasteiger partial charge on any atom is -0.353 e. The van der Waals surface area contributed by atoms with E-state index in [0.717, 1.165) is 26.2 Å². The number of rotatable bonds is 5. The molecule has 1 aliphatic heterocycles. The van der Waals surface area contributed by atoms with Gasteiger partial charge in [0.2, 0.25) is 0 Å². The molecule has 2 atom stereocenters. The number of fused-ring (bicyclic) bond motifs is 1. The van der Waals surface area contributed by atoms with Gasteiger partial charge in [-0.3, -0.25) is 9.88 Å². The molecule has 2 heterocycles. The molecule has 3 rings (SSSR count). The van der Waals surface area contributed by atoms with Crippen LogP contribution in [0.25, 0.3) is 0 Å². The molecule has 1 aliphatic carbocycles. The Balaban J connectivity index is 1.50. The van der Waals surface area contributed by atoms with Crippen LogP contribution in [0.1, 0.15) is 49.4 Å². The van der Waals surface area contributed by atoms with Gasteiger partial charge in [0, 0.05) is 19.3 Å². The maximum atomic E-state index is 5.85. The summed E-state index contributed by atoms with van der Waals surface area (Å²) >= 11 is 0. The van der Waals surface area contributed by atoms with Crippen LogP contribution in [-0.2, 0) is 15.9 Å². The van der Waals surface area contributed by atoms with E-state index in [-0.39, 0.29) is 6.29 Å². The molecule has 4 heteroatoms. The van der Waals surface area contributed by atoms with Crippen LogP contribution in [0.15, 0.2) is 18.3 Å². The number of nitrogens with zero attached hydrogens (tertiary/aromatic N) is 2. The Hall–Kier alpha value is -0.970. The molecule has 0 unspecified atom stereocenters. The van der Waals surface area contributed by atoms with Crippen molar-refractivity contribution in [2.45, 2.75) is 50.9 Å². The number of ether oxygens (including phenoxy) is 2. The Morgan fingerprint density at radius 1 is 1.33 bits per heavy atom. The van der Waals surface area contributed by atoms with Crippen LogP contribution in [0.2, 0.25) is 0 Å². The van der Waals surface area contributed by atoms with Gasteiger partial charge in [0.25, 0.3) is 0 Å². The second-order valence-corrected chi connectivity index (χ2v) is 6.10. The fourth-order valence-electron chi connectivity index (χ4n) is 3.34. The van der Waals surface area contributed by atoms with Gasteiger partial charge >= 0.3 is 0 Å². The van der Waals surface area contributed by atoms with Crippen LogP contribution in [-0.4, -0.2) is 43.0 Å². The molecule has 116 valence electrons. The Labute approximate surface area is 127 Å². The first-order valence-electron chi connectivity index (χ1n) is 8.22. The number of hydrogen-bond acceptors (Lipinski definition) is 4. The average molecular weight is 290 g/mol. The lowest BCUT2D eigenvalue weighted by molar-refractivity contribution is -0.164. The summed E-state index contributed by atoms with van der Waals surface area (Å²) in [6.45, 7) is 2.51. The van der Waals surface area contributed by atoms with Crippen molar-refractivity contribution in [3.05, 3.63) is 29.6 Å². The first-order valence-corrected chi connectivity index (χ1v) is 8.22. The smallest absolute Gasteiger partial charge is 0.157 e. The second kappa shape index (κ2) is 7.34. The largest absolute Gasteiger partial charge is 0.353 e. The molecule has 1 fully saturated rings. The lowest BCUT2D eigenvalue weighted by Crippen LogP contribution is -2.33. The second-order valence-electron chi connectivity index (χ2n) is 6.10. The van der Waals surface area contributed by atoms with Crippen molar-refractivity contribution >= 4 is 0 Å². The quantitative estimate of drug-likeness (QED) is 0.835. The molecule has 1 saturated heterocycles. The zero-order valence-electron chi connectivity index (χ0n) is 13.0. The van der Waals surface area contributed by atoms with Crippen LogP contribution < -0.4 is 0 Å². The molecule has 0 spiro atoms. The maximum Gasteiger partial charge on any atom is 0.157 e. The number of pyridine rings is 1. The number of likely N-dealkylation sites (N-methyl/N-ethyl adjacent to an activating group) is 1. The van der Waals surface area contributed by atoms with E-state index in [1.165, 1.54) is 43.4 Å². The fourth-order valence-corrected chi connectivity index (χ4v) is 3.34. The van der Waals surface area contributed by atoms with Crippen molar-refractivity contribution < 1.29 is 9.47 Å². The van der Waals surface area contributed by atoms with Gasteiger partial charge in [-0.15, -0.1) is 0 Å². The van der Waals surface area contributed by atoms with Crippen molar-refractivity contribution in [3.8, 4) is 0 Å². The highest BCUT2D eigenvalue weighted by Gasteiger charge is 2.24. The van der Waals surface area contributed by atoms with Crippen LogP contribution in [0.4, 0.5) is 0 Å². The van der Waals surface area contributed by atoms with Crippen molar-refractivity contribution in [3.63, 3.8) is 0 Å². The summed E-state index contributed by atoms with van der Waals surface area (Å²) < 4.78 is 11.5. The minimum atomic E-state index is 0.0175. The van der Waals surface area contributed by atoms with E-state index in [2.05, 4.69) is 23.0 Å². The predicted molar refractivity (Wildman–Crippen MR) is 82.1 cm³/mol. The molecular weight excluding hydrogens is 264 g/mol. The molecule has 1 aromatic rings. The first-order chi connectivity index (χ1) is 10.3. The third-order valence-corrected chi connectivity index (χ3v) is 4.58. The van der Waals surface area contributed by atoms with Gasteiger partial charge in [-0.05, 0) is 57.2 Å². The molecule has 0 radical (unpaired) electrons. The van der Waals surface area contributed by atoms with Crippen LogP contribution >= 0.6 is 0 Å². The van der Waals surface area contributed by atoms with Gasteiger partial charge < -0.3 is 9.47 Å². The maximum absolute atomic E-state index is 5.85. The van der Waals surface area contributed by atoms with Crippen molar-refractivity contribution in [1.82, 2.24) is 9.88 Å². The normalized spacial score (nSPS) is 25.8. The highest BCUT2D eigenvalue weighted by atomic mass is 16.7. The highest BCUT2D eigenvalue weighted by molar-refractivity contribution is 5.25. The molecule has 0 saturated carbocycles. The van der Waals surface area contributed by atoms with E-state index in [0.29, 0.717) is 6.04 Å². The zero-order valence-corrected chi connectivity index (χ0v) is 13.0. The van der Waals surface area contributed by atoms with Crippen molar-refractivity contribution in [2.24, 2.45) is 0 Å². The van der Waals surface area contributed by atoms with Crippen molar-refractivity contribution in [2.75, 3.05) is 26.8 Å². The van der Waals surface area contributed by atoms with Gasteiger partial charge in [0.1, 0.15) is 0 Å². The molecule has 0 aromatic carbocycles. The SMILES string of the molecule is CN(CCO[C@H]1CCCCO1)[C@@H]1CCCc2cccnc21. The topological polar surface area (TPSA) is 34.6 Å². The van der Waals surface area contributed by atoms with Gasteiger partial charge in [0.05, 0.1) is 18.3 Å². The third kappa shape index (κ3) is 3.82. The Morgan fingerprint density at radius 3 is 3.14 bits per heavy atom. The van der Waals surface area contributed by atoms with Crippen LogP contribution in [0.5, 0.6) is 0 Å². The molecule has 2 aliphatic rings. The lowest BCUT2D eigenvalue weighted by atomic mass is 9.91. The highest BCUT2D eigenvalue weighted by Crippen LogP contribution is 2.31. The molecule has 0 amide bonds. The summed E-state index contributed by atoms with van der Waals surface area (Å²) in [6.07, 6.45) is 8.98. The lowest BCUT2D eigenvalue weighted by Gasteiger charge is -2.32. The van der Waals surface area contributed by atoms with E-state index in [4.69, 9.17) is 9.47 Å². The Morgan fingerprint density at radius 2 is 2.29 bits per heavy atom. The molecule has 1 aromatic heterocycles. The monoisotopic (exact) mass is 290 g/mol. The fraction of sp³-hybridized carbons (Fsp3) is 0.706. The standard InChI is InChI=1S/C17H26N2O2/c1-19(11-13-21-16-9-2-3-12-20-16)15-8-4-6-14-7-5-10-18-17(14)15/h5,7,10,15-16H,2-4,6,8-9,11-13H2,1H3/t15-,16+/m1/s1. The molecule has 4 nitrogen and oxygen atoms in total. The Bertz CT molecular complexity index is 446. The van der Waals surface area contributed by atoms with Gasteiger partial charge in [-0.1, -0.05) is 6.07 Å². The van der Waals surface area contributed by atoms with Crippen LogP contribution in [0, 0.1) is 0 Å². The summed E-state index contributed by atoms with van der Waals surface area (Å²) in [5, 5.41) is 0. The van der Waals surface area contributed by atoms with E-state index < -0.39 is 0 Å². The van der Waals surface area contributed by atoms with E-state index in [1.807, 2.05) is 12.3 Å². The minimum absolute atomic E-state index is 0.0175. The zero-order chi connectivity index (χ0) is 14.5. The first kappa shape index (κ1) is 14.9. The summed E-state index contributed by atoms with van der Waals surface area (Å²) in [6, 6.07) is 4.70. The van der Waals surface area contributed by atoms with Gasteiger partial charge in [0.15, 0.2) is 6.29 Å². The van der Waals surface area contributed by atoms with E-state index in [9.17, 15) is 0 Å². The van der Waals surface area contributed by atoms with E-state index in [1.54, 1.807) is 0 Å². The molecule has 0 N–H and O–H groups in total. The van der Waals surface area contributed by atoms with Gasteiger partial charge in [-0.25, -0.2) is 0 Å². The molecule has 21 heavy (non-hydrogen) atoms. The number of aryl methyl sites for hydroxylation is 1. The van der Waals surface area contributed by atoms with Crippen LogP contribution in [0.3, 0.4) is 0 Å². The van der Waals surface area contributed by atoms with Gasteiger partial charge in [-0.2, -0.15) is 0 Å². The average Bonchev–Trinajstić information content (AvgIpc) is 2.55. The molecule has 0 bridgehead atoms. The number of aromatic nitrogens is 1.